The molecule has 0 fully saturated rings. The molecule has 0 unspecified atom stereocenters. The van der Waals surface area contributed by atoms with Gasteiger partial charge in [0, 0.05) is 12.1 Å². The Labute approximate surface area is 124 Å². The van der Waals surface area contributed by atoms with Crippen LogP contribution in [0.2, 0.25) is 0 Å². The van der Waals surface area contributed by atoms with E-state index >= 15 is 0 Å². The molecule has 21 heavy (non-hydrogen) atoms. The van der Waals surface area contributed by atoms with Gasteiger partial charge in [-0.1, -0.05) is 42.0 Å². The van der Waals surface area contributed by atoms with Gasteiger partial charge in [0.2, 0.25) is 0 Å². The first-order valence-corrected chi connectivity index (χ1v) is 7.02. The molecule has 0 atom stereocenters. The van der Waals surface area contributed by atoms with Gasteiger partial charge in [-0.25, -0.2) is 4.98 Å². The first-order valence-electron chi connectivity index (χ1n) is 7.02. The zero-order valence-electron chi connectivity index (χ0n) is 12.4. The summed E-state index contributed by atoms with van der Waals surface area (Å²) >= 11 is 0. The molecular weight excluding hydrogens is 258 g/mol. The fourth-order valence-corrected chi connectivity index (χ4v) is 2.60. The molecule has 2 aromatic carbocycles. The average Bonchev–Trinajstić information content (AvgIpc) is 2.79. The number of aromatic nitrogens is 2. The van der Waals surface area contributed by atoms with E-state index in [0.29, 0.717) is 5.69 Å². The Morgan fingerprint density at radius 3 is 2.71 bits per heavy atom. The van der Waals surface area contributed by atoms with Crippen LogP contribution in [0.4, 0.5) is 5.69 Å². The SMILES string of the molecule is C=C(C)Cn1c(-c2cccc(C)c2)nc2c(N)cccc21. The van der Waals surface area contributed by atoms with E-state index < -0.39 is 0 Å². The summed E-state index contributed by atoms with van der Waals surface area (Å²) in [7, 11) is 0. The maximum atomic E-state index is 6.08. The summed E-state index contributed by atoms with van der Waals surface area (Å²) in [6.07, 6.45) is 0. The number of allylic oxidation sites excluding steroid dienone is 1. The lowest BCUT2D eigenvalue weighted by Crippen LogP contribution is -2.01. The standard InChI is InChI=1S/C18H19N3/c1-12(2)11-21-16-9-5-8-15(19)17(16)20-18(21)14-7-4-6-13(3)10-14/h4-10H,1,11,19H2,2-3H3. The van der Waals surface area contributed by atoms with Gasteiger partial charge in [0.15, 0.2) is 0 Å². The Morgan fingerprint density at radius 2 is 2.00 bits per heavy atom. The van der Waals surface area contributed by atoms with E-state index in [1.807, 2.05) is 19.1 Å². The second kappa shape index (κ2) is 5.09. The molecule has 0 aliphatic rings. The Morgan fingerprint density at radius 1 is 1.24 bits per heavy atom. The highest BCUT2D eigenvalue weighted by Crippen LogP contribution is 2.29. The van der Waals surface area contributed by atoms with Crippen LogP contribution in [0, 0.1) is 6.92 Å². The van der Waals surface area contributed by atoms with E-state index in [0.717, 1.165) is 34.5 Å². The number of nitrogens with zero attached hydrogens (tertiary/aromatic N) is 2. The molecule has 1 aromatic heterocycles. The van der Waals surface area contributed by atoms with Gasteiger partial charge in [-0.15, -0.1) is 0 Å². The smallest absolute Gasteiger partial charge is 0.141 e. The van der Waals surface area contributed by atoms with Gasteiger partial charge in [-0.2, -0.15) is 0 Å². The largest absolute Gasteiger partial charge is 0.397 e. The van der Waals surface area contributed by atoms with Crippen LogP contribution < -0.4 is 5.73 Å². The number of fused-ring (bicyclic) bond motifs is 1. The lowest BCUT2D eigenvalue weighted by atomic mass is 10.1. The number of rotatable bonds is 3. The van der Waals surface area contributed by atoms with Gasteiger partial charge in [0.25, 0.3) is 0 Å². The predicted molar refractivity (Wildman–Crippen MR) is 89.1 cm³/mol. The van der Waals surface area contributed by atoms with E-state index in [4.69, 9.17) is 10.7 Å². The van der Waals surface area contributed by atoms with Gasteiger partial charge < -0.3 is 10.3 Å². The van der Waals surface area contributed by atoms with Gasteiger partial charge in [-0.05, 0) is 32.0 Å². The Hall–Kier alpha value is -2.55. The highest BCUT2D eigenvalue weighted by molar-refractivity contribution is 5.90. The maximum absolute atomic E-state index is 6.08. The van der Waals surface area contributed by atoms with E-state index in [1.165, 1.54) is 5.56 Å². The molecule has 3 nitrogen and oxygen atoms in total. The van der Waals surface area contributed by atoms with Crippen molar-refractivity contribution in [2.24, 2.45) is 0 Å². The van der Waals surface area contributed by atoms with Crippen LogP contribution in [0.1, 0.15) is 12.5 Å². The zero-order valence-corrected chi connectivity index (χ0v) is 12.4. The van der Waals surface area contributed by atoms with Crippen molar-refractivity contribution in [3.05, 3.63) is 60.2 Å². The first-order chi connectivity index (χ1) is 10.1. The molecule has 0 spiro atoms. The maximum Gasteiger partial charge on any atom is 0.141 e. The molecule has 0 saturated heterocycles. The fourth-order valence-electron chi connectivity index (χ4n) is 2.60. The molecule has 0 aliphatic heterocycles. The number of aryl methyl sites for hydroxylation is 1. The van der Waals surface area contributed by atoms with Crippen LogP contribution in [0.5, 0.6) is 0 Å². The monoisotopic (exact) mass is 277 g/mol. The number of hydrogen-bond acceptors (Lipinski definition) is 2. The molecule has 2 N–H and O–H groups in total. The van der Waals surface area contributed by atoms with Crippen LogP contribution in [0.15, 0.2) is 54.6 Å². The van der Waals surface area contributed by atoms with Crippen LogP contribution in [-0.4, -0.2) is 9.55 Å². The van der Waals surface area contributed by atoms with Crippen molar-refractivity contribution < 1.29 is 0 Å². The summed E-state index contributed by atoms with van der Waals surface area (Å²) in [5.41, 5.74) is 12.1. The molecule has 0 aliphatic carbocycles. The number of benzene rings is 2. The second-order valence-corrected chi connectivity index (χ2v) is 5.56. The van der Waals surface area contributed by atoms with Crippen LogP contribution in [0.25, 0.3) is 22.4 Å². The van der Waals surface area contributed by atoms with Crippen molar-refractivity contribution in [1.82, 2.24) is 9.55 Å². The third kappa shape index (κ3) is 2.42. The quantitative estimate of drug-likeness (QED) is 0.577. The molecule has 106 valence electrons. The molecule has 3 heteroatoms. The number of hydrogen-bond donors (Lipinski definition) is 1. The zero-order chi connectivity index (χ0) is 15.0. The highest BCUT2D eigenvalue weighted by atomic mass is 15.1. The van der Waals surface area contributed by atoms with Crippen molar-refractivity contribution in [2.45, 2.75) is 20.4 Å². The molecule has 0 radical (unpaired) electrons. The molecule has 0 saturated carbocycles. The molecule has 1 heterocycles. The van der Waals surface area contributed by atoms with E-state index in [-0.39, 0.29) is 0 Å². The number of nitrogen functional groups attached to an aromatic ring is 1. The lowest BCUT2D eigenvalue weighted by molar-refractivity contribution is 0.820. The third-order valence-corrected chi connectivity index (χ3v) is 3.51. The molecule has 3 rings (SSSR count). The molecule has 0 bridgehead atoms. The first kappa shape index (κ1) is 13.4. The summed E-state index contributed by atoms with van der Waals surface area (Å²) < 4.78 is 2.18. The van der Waals surface area contributed by atoms with E-state index in [9.17, 15) is 0 Å². The van der Waals surface area contributed by atoms with E-state index in [1.54, 1.807) is 0 Å². The normalized spacial score (nSPS) is 11.0. The predicted octanol–water partition coefficient (Wildman–Crippen LogP) is 4.17. The number of para-hydroxylation sites is 1. The van der Waals surface area contributed by atoms with Gasteiger partial charge >= 0.3 is 0 Å². The lowest BCUT2D eigenvalue weighted by Gasteiger charge is -2.09. The highest BCUT2D eigenvalue weighted by Gasteiger charge is 2.14. The van der Waals surface area contributed by atoms with Gasteiger partial charge in [0.1, 0.15) is 11.3 Å². The summed E-state index contributed by atoms with van der Waals surface area (Å²) in [6, 6.07) is 14.3. The van der Waals surface area contributed by atoms with Crippen molar-refractivity contribution in [1.29, 1.82) is 0 Å². The van der Waals surface area contributed by atoms with Gasteiger partial charge in [0.05, 0.1) is 11.2 Å². The fraction of sp³-hybridized carbons (Fsp3) is 0.167. The Bertz CT molecular complexity index is 828. The van der Waals surface area contributed by atoms with Crippen molar-refractivity contribution >= 4 is 16.7 Å². The summed E-state index contributed by atoms with van der Waals surface area (Å²) in [6.45, 7) is 8.88. The average molecular weight is 277 g/mol. The number of anilines is 1. The van der Waals surface area contributed by atoms with Crippen LogP contribution in [-0.2, 0) is 6.54 Å². The van der Waals surface area contributed by atoms with Gasteiger partial charge in [-0.3, -0.25) is 0 Å². The molecule has 0 amide bonds. The molecular formula is C18H19N3. The molecule has 3 aromatic rings. The number of nitrogens with two attached hydrogens (primary N) is 1. The minimum absolute atomic E-state index is 0.710. The van der Waals surface area contributed by atoms with Crippen LogP contribution >= 0.6 is 0 Å². The summed E-state index contributed by atoms with van der Waals surface area (Å²) in [5, 5.41) is 0. The summed E-state index contributed by atoms with van der Waals surface area (Å²) in [5.74, 6) is 0.939. The van der Waals surface area contributed by atoms with E-state index in [2.05, 4.69) is 48.4 Å². The van der Waals surface area contributed by atoms with Crippen molar-refractivity contribution in [2.75, 3.05) is 5.73 Å². The minimum atomic E-state index is 0.710. The second-order valence-electron chi connectivity index (χ2n) is 5.56. The Kier molecular flexibility index (Phi) is 3.26. The Balaban J connectivity index is 2.30. The van der Waals surface area contributed by atoms with Crippen molar-refractivity contribution in [3.8, 4) is 11.4 Å². The third-order valence-electron chi connectivity index (χ3n) is 3.51. The summed E-state index contributed by atoms with van der Waals surface area (Å²) in [4.78, 5) is 4.77. The topological polar surface area (TPSA) is 43.8 Å². The minimum Gasteiger partial charge on any atom is -0.397 e. The van der Waals surface area contributed by atoms with Crippen molar-refractivity contribution in [3.63, 3.8) is 0 Å². The van der Waals surface area contributed by atoms with Crippen LogP contribution in [0.3, 0.4) is 0 Å². The number of imidazole rings is 1.